The number of nitrogens with zero attached hydrogens (tertiary/aromatic N) is 2. The Kier molecular flexibility index (Phi) is 5.08. The third kappa shape index (κ3) is 3.40. The highest BCUT2D eigenvalue weighted by atomic mass is 35.5. The molecule has 5 rings (SSSR count). The molecule has 1 aliphatic heterocycles. The van der Waals surface area contributed by atoms with E-state index < -0.39 is 29.3 Å². The van der Waals surface area contributed by atoms with E-state index in [2.05, 4.69) is 4.98 Å². The fourth-order valence-electron chi connectivity index (χ4n) is 3.67. The van der Waals surface area contributed by atoms with Gasteiger partial charge in [0.25, 0.3) is 5.91 Å². The van der Waals surface area contributed by atoms with Gasteiger partial charge < -0.3 is 5.11 Å². The quantitative estimate of drug-likeness (QED) is 0.348. The SMILES string of the molecule is Cc1ccc(C(=O)C2=C(O)C(=O)N(c3nc4ccc(F)cc4s3)C2c2ccc(Cl)cc2)s1. The molecule has 2 aromatic carbocycles. The molecule has 0 bridgehead atoms. The molecular formula is C23H14ClFN2O3S2. The highest BCUT2D eigenvalue weighted by Crippen LogP contribution is 2.44. The van der Waals surface area contributed by atoms with Crippen molar-refractivity contribution in [3.63, 3.8) is 0 Å². The van der Waals surface area contributed by atoms with Crippen LogP contribution in [-0.4, -0.2) is 21.8 Å². The Hall–Kier alpha value is -3.07. The van der Waals surface area contributed by atoms with Gasteiger partial charge in [-0.1, -0.05) is 35.1 Å². The number of anilines is 1. The Balaban J connectivity index is 1.68. The summed E-state index contributed by atoms with van der Waals surface area (Å²) in [7, 11) is 0. The summed E-state index contributed by atoms with van der Waals surface area (Å²) in [6.45, 7) is 1.87. The Morgan fingerprint density at radius 1 is 1.12 bits per heavy atom. The predicted molar refractivity (Wildman–Crippen MR) is 124 cm³/mol. The predicted octanol–water partition coefficient (Wildman–Crippen LogP) is 6.24. The Morgan fingerprint density at radius 2 is 1.88 bits per heavy atom. The first kappa shape index (κ1) is 20.8. The first-order valence-corrected chi connectivity index (χ1v) is 11.5. The van der Waals surface area contributed by atoms with Crippen LogP contribution < -0.4 is 4.90 Å². The van der Waals surface area contributed by atoms with Crippen molar-refractivity contribution in [1.29, 1.82) is 0 Å². The molecule has 3 heterocycles. The number of aliphatic hydroxyl groups excluding tert-OH is 1. The number of hydrogen-bond donors (Lipinski definition) is 1. The van der Waals surface area contributed by atoms with Crippen molar-refractivity contribution in [1.82, 2.24) is 4.98 Å². The number of fused-ring (bicyclic) bond motifs is 1. The maximum Gasteiger partial charge on any atom is 0.296 e. The number of aromatic nitrogens is 1. The second-order valence-electron chi connectivity index (χ2n) is 7.24. The van der Waals surface area contributed by atoms with Crippen LogP contribution >= 0.6 is 34.3 Å². The van der Waals surface area contributed by atoms with E-state index in [1.165, 1.54) is 34.4 Å². The van der Waals surface area contributed by atoms with Crippen LogP contribution in [0.4, 0.5) is 9.52 Å². The van der Waals surface area contributed by atoms with Crippen molar-refractivity contribution in [2.75, 3.05) is 4.90 Å². The Morgan fingerprint density at radius 3 is 2.56 bits per heavy atom. The number of halogens is 2. The zero-order valence-electron chi connectivity index (χ0n) is 16.5. The van der Waals surface area contributed by atoms with E-state index in [9.17, 15) is 19.1 Å². The van der Waals surface area contributed by atoms with E-state index >= 15 is 0 Å². The number of aryl methyl sites for hydroxylation is 1. The van der Waals surface area contributed by atoms with Gasteiger partial charge in [0, 0.05) is 9.90 Å². The molecule has 4 aromatic rings. The number of amides is 1. The first-order chi connectivity index (χ1) is 15.3. The van der Waals surface area contributed by atoms with Crippen molar-refractivity contribution in [2.45, 2.75) is 13.0 Å². The molecule has 32 heavy (non-hydrogen) atoms. The number of rotatable bonds is 4. The van der Waals surface area contributed by atoms with Crippen molar-refractivity contribution in [3.05, 3.63) is 92.1 Å². The second kappa shape index (κ2) is 7.81. The van der Waals surface area contributed by atoms with E-state index in [1.54, 1.807) is 30.3 Å². The summed E-state index contributed by atoms with van der Waals surface area (Å²) in [5.41, 5.74) is 1.08. The van der Waals surface area contributed by atoms with Gasteiger partial charge in [0.05, 0.1) is 26.7 Å². The molecule has 1 amide bonds. The van der Waals surface area contributed by atoms with Crippen LogP contribution in [-0.2, 0) is 4.79 Å². The number of Topliss-reactive ketones (excluding diaryl/α,β-unsaturated/α-hetero) is 1. The molecule has 1 aliphatic rings. The molecule has 0 fully saturated rings. The van der Waals surface area contributed by atoms with Crippen LogP contribution in [0.1, 0.15) is 26.2 Å². The molecule has 2 aromatic heterocycles. The maximum atomic E-state index is 13.7. The minimum absolute atomic E-state index is 0.0235. The molecule has 0 radical (unpaired) electrons. The number of thiazole rings is 1. The lowest BCUT2D eigenvalue weighted by Crippen LogP contribution is -2.30. The first-order valence-electron chi connectivity index (χ1n) is 9.53. The number of ketones is 1. The molecule has 160 valence electrons. The number of benzene rings is 2. The summed E-state index contributed by atoms with van der Waals surface area (Å²) < 4.78 is 14.2. The average molecular weight is 485 g/mol. The number of aliphatic hydroxyl groups is 1. The van der Waals surface area contributed by atoms with Gasteiger partial charge in [0.15, 0.2) is 10.9 Å². The molecule has 1 unspecified atom stereocenters. The highest BCUT2D eigenvalue weighted by Gasteiger charge is 2.46. The average Bonchev–Trinajstić information content (AvgIpc) is 3.44. The van der Waals surface area contributed by atoms with Crippen molar-refractivity contribution in [3.8, 4) is 0 Å². The van der Waals surface area contributed by atoms with Gasteiger partial charge in [-0.25, -0.2) is 9.37 Å². The topological polar surface area (TPSA) is 70.5 Å². The fraction of sp³-hybridized carbons (Fsp3) is 0.0870. The lowest BCUT2D eigenvalue weighted by atomic mass is 9.95. The second-order valence-corrected chi connectivity index (χ2v) is 9.97. The lowest BCUT2D eigenvalue weighted by molar-refractivity contribution is -0.117. The molecular weight excluding hydrogens is 471 g/mol. The monoisotopic (exact) mass is 484 g/mol. The van der Waals surface area contributed by atoms with E-state index in [4.69, 9.17) is 11.6 Å². The molecule has 0 aliphatic carbocycles. The lowest BCUT2D eigenvalue weighted by Gasteiger charge is -2.24. The molecule has 0 saturated heterocycles. The van der Waals surface area contributed by atoms with Gasteiger partial charge in [0.2, 0.25) is 5.78 Å². The third-order valence-corrected chi connectivity index (χ3v) is 7.42. The summed E-state index contributed by atoms with van der Waals surface area (Å²) in [5, 5.41) is 11.5. The minimum atomic E-state index is -0.903. The standard InChI is InChI=1S/C23H14ClFN2O3S2/c1-11-2-9-16(31-11)20(28)18-19(12-3-5-13(24)6-4-12)27(22(30)21(18)29)23-26-15-8-7-14(25)10-17(15)32-23/h2-10,19,29H,1H3. The normalized spacial score (nSPS) is 16.4. The minimum Gasteiger partial charge on any atom is -0.503 e. The van der Waals surface area contributed by atoms with Gasteiger partial charge >= 0.3 is 0 Å². The van der Waals surface area contributed by atoms with Crippen LogP contribution in [0.5, 0.6) is 0 Å². The molecule has 1 N–H and O–H groups in total. The van der Waals surface area contributed by atoms with Crippen molar-refractivity contribution in [2.24, 2.45) is 0 Å². The van der Waals surface area contributed by atoms with Crippen LogP contribution in [0, 0.1) is 12.7 Å². The van der Waals surface area contributed by atoms with Gasteiger partial charge in [-0.3, -0.25) is 14.5 Å². The summed E-state index contributed by atoms with van der Waals surface area (Å²) in [6, 6.07) is 13.4. The van der Waals surface area contributed by atoms with Crippen LogP contribution in [0.3, 0.4) is 0 Å². The number of hydrogen-bond acceptors (Lipinski definition) is 6. The smallest absolute Gasteiger partial charge is 0.296 e. The highest BCUT2D eigenvalue weighted by molar-refractivity contribution is 7.22. The van der Waals surface area contributed by atoms with Crippen LogP contribution in [0.2, 0.25) is 5.02 Å². The zero-order chi connectivity index (χ0) is 22.6. The number of carbonyl (C=O) groups is 2. The molecule has 5 nitrogen and oxygen atoms in total. The van der Waals surface area contributed by atoms with Gasteiger partial charge in [-0.05, 0) is 55.0 Å². The Bertz CT molecular complexity index is 1420. The van der Waals surface area contributed by atoms with E-state index in [0.717, 1.165) is 16.2 Å². The largest absolute Gasteiger partial charge is 0.503 e. The van der Waals surface area contributed by atoms with Gasteiger partial charge in [-0.15, -0.1) is 11.3 Å². The number of carbonyl (C=O) groups excluding carboxylic acids is 2. The summed E-state index contributed by atoms with van der Waals surface area (Å²) in [4.78, 5) is 33.7. The zero-order valence-corrected chi connectivity index (χ0v) is 18.9. The third-order valence-electron chi connectivity index (χ3n) is 5.15. The molecule has 9 heteroatoms. The van der Waals surface area contributed by atoms with E-state index in [1.807, 2.05) is 13.0 Å². The van der Waals surface area contributed by atoms with Gasteiger partial charge in [0.1, 0.15) is 5.82 Å². The van der Waals surface area contributed by atoms with Crippen LogP contribution in [0.15, 0.2) is 65.9 Å². The van der Waals surface area contributed by atoms with E-state index in [0.29, 0.717) is 25.7 Å². The Labute approximate surface area is 195 Å². The fourth-order valence-corrected chi connectivity index (χ4v) is 5.64. The van der Waals surface area contributed by atoms with Crippen LogP contribution in [0.25, 0.3) is 10.2 Å². The van der Waals surface area contributed by atoms with E-state index in [-0.39, 0.29) is 10.7 Å². The molecule has 0 spiro atoms. The maximum absolute atomic E-state index is 13.7. The summed E-state index contributed by atoms with van der Waals surface area (Å²) >= 11 is 8.44. The number of thiophene rings is 1. The van der Waals surface area contributed by atoms with Crippen molar-refractivity contribution >= 4 is 61.3 Å². The summed E-state index contributed by atoms with van der Waals surface area (Å²) in [5.74, 6) is -2.20. The van der Waals surface area contributed by atoms with Crippen molar-refractivity contribution < 1.29 is 19.1 Å². The summed E-state index contributed by atoms with van der Waals surface area (Å²) in [6.07, 6.45) is 0. The molecule has 1 atom stereocenters. The van der Waals surface area contributed by atoms with Gasteiger partial charge in [-0.2, -0.15) is 0 Å². The molecule has 0 saturated carbocycles.